The van der Waals surface area contributed by atoms with Crippen molar-refractivity contribution in [3.05, 3.63) is 23.7 Å². The third kappa shape index (κ3) is 3.82. The number of amides is 1. The van der Waals surface area contributed by atoms with E-state index in [1.807, 2.05) is 5.43 Å². The molecule has 1 amide bonds. The summed E-state index contributed by atoms with van der Waals surface area (Å²) in [7, 11) is 0. The zero-order chi connectivity index (χ0) is 12.7. The number of aliphatic hydroxyl groups excluding tert-OH is 2. The van der Waals surface area contributed by atoms with E-state index in [0.29, 0.717) is 31.0 Å². The predicted molar refractivity (Wildman–Crippen MR) is 59.8 cm³/mol. The molecule has 0 bridgehead atoms. The van der Waals surface area contributed by atoms with Gasteiger partial charge in [0.05, 0.1) is 31.6 Å². The number of hydrogen-bond acceptors (Lipinski definition) is 6. The maximum Gasteiger partial charge on any atom is 0.268 e. The van der Waals surface area contributed by atoms with E-state index in [9.17, 15) is 4.79 Å². The second-order valence-corrected chi connectivity index (χ2v) is 3.45. The van der Waals surface area contributed by atoms with Gasteiger partial charge >= 0.3 is 0 Å². The first kappa shape index (κ1) is 13.7. The van der Waals surface area contributed by atoms with E-state index in [2.05, 4.69) is 0 Å². The molecule has 0 radical (unpaired) electrons. The Hall–Kier alpha value is -1.41. The molecule has 0 atom stereocenters. The predicted octanol–water partition coefficient (Wildman–Crippen LogP) is -1.33. The molecule has 0 fully saturated rings. The summed E-state index contributed by atoms with van der Waals surface area (Å²) in [5, 5.41) is 17.7. The van der Waals surface area contributed by atoms with Crippen molar-refractivity contribution in [2.45, 2.75) is 6.54 Å². The number of nitrogens with zero attached hydrogens (tertiary/aromatic N) is 1. The average molecular weight is 243 g/mol. The van der Waals surface area contributed by atoms with Crippen molar-refractivity contribution in [1.82, 2.24) is 10.3 Å². The van der Waals surface area contributed by atoms with Crippen molar-refractivity contribution in [1.29, 1.82) is 0 Å². The molecule has 7 nitrogen and oxygen atoms in total. The standard InChI is InChI=1S/C10H17N3O4/c11-12-10(16)8-1-6-17-9(8)7-13(2-4-14)3-5-15/h1,6,14-15H,2-5,7,11H2,(H,12,16). The first-order chi connectivity index (χ1) is 8.22. The van der Waals surface area contributed by atoms with Gasteiger partial charge in [-0.3, -0.25) is 15.1 Å². The monoisotopic (exact) mass is 243 g/mol. The van der Waals surface area contributed by atoms with Gasteiger partial charge in [0.2, 0.25) is 0 Å². The minimum Gasteiger partial charge on any atom is -0.467 e. The minimum atomic E-state index is -0.429. The van der Waals surface area contributed by atoms with Gasteiger partial charge in [-0.1, -0.05) is 0 Å². The molecule has 1 aromatic heterocycles. The topological polar surface area (TPSA) is 112 Å². The quantitative estimate of drug-likeness (QED) is 0.268. The van der Waals surface area contributed by atoms with Gasteiger partial charge in [0, 0.05) is 13.1 Å². The molecule has 0 aliphatic carbocycles. The van der Waals surface area contributed by atoms with Crippen LogP contribution >= 0.6 is 0 Å². The molecule has 17 heavy (non-hydrogen) atoms. The van der Waals surface area contributed by atoms with Crippen molar-refractivity contribution < 1.29 is 19.4 Å². The number of nitrogens with one attached hydrogen (secondary N) is 1. The maximum absolute atomic E-state index is 11.4. The van der Waals surface area contributed by atoms with Gasteiger partial charge in [-0.05, 0) is 6.07 Å². The lowest BCUT2D eigenvalue weighted by Gasteiger charge is -2.19. The summed E-state index contributed by atoms with van der Waals surface area (Å²) in [6, 6.07) is 1.52. The Morgan fingerprint density at radius 3 is 2.59 bits per heavy atom. The van der Waals surface area contributed by atoms with Crippen LogP contribution in [0.1, 0.15) is 16.1 Å². The molecule has 0 aromatic carbocycles. The Morgan fingerprint density at radius 1 is 1.41 bits per heavy atom. The zero-order valence-corrected chi connectivity index (χ0v) is 9.43. The molecule has 0 unspecified atom stereocenters. The number of furan rings is 1. The number of nitrogen functional groups attached to an aromatic ring is 1. The van der Waals surface area contributed by atoms with Crippen LogP contribution in [-0.4, -0.2) is 47.3 Å². The Labute approximate surface area is 98.8 Å². The molecule has 5 N–H and O–H groups in total. The molecule has 0 spiro atoms. The van der Waals surface area contributed by atoms with Gasteiger partial charge in [-0.25, -0.2) is 5.84 Å². The molecule has 1 rings (SSSR count). The number of rotatable bonds is 7. The van der Waals surface area contributed by atoms with Gasteiger partial charge in [0.25, 0.3) is 5.91 Å². The number of nitrogens with two attached hydrogens (primary N) is 1. The van der Waals surface area contributed by atoms with E-state index >= 15 is 0 Å². The lowest BCUT2D eigenvalue weighted by molar-refractivity contribution is 0.0948. The van der Waals surface area contributed by atoms with Crippen molar-refractivity contribution in [3.63, 3.8) is 0 Å². The van der Waals surface area contributed by atoms with Crippen LogP contribution in [-0.2, 0) is 6.54 Å². The van der Waals surface area contributed by atoms with Gasteiger partial charge in [-0.15, -0.1) is 0 Å². The highest BCUT2D eigenvalue weighted by molar-refractivity contribution is 5.94. The highest BCUT2D eigenvalue weighted by Gasteiger charge is 2.16. The smallest absolute Gasteiger partial charge is 0.268 e. The number of hydrazine groups is 1. The van der Waals surface area contributed by atoms with E-state index in [0.717, 1.165) is 0 Å². The third-order valence-corrected chi connectivity index (χ3v) is 2.32. The van der Waals surface area contributed by atoms with E-state index in [4.69, 9.17) is 20.5 Å². The Balaban J connectivity index is 2.71. The molecule has 96 valence electrons. The Kier molecular flexibility index (Phi) is 5.64. The summed E-state index contributed by atoms with van der Waals surface area (Å²) in [4.78, 5) is 13.1. The second kappa shape index (κ2) is 7.02. The summed E-state index contributed by atoms with van der Waals surface area (Å²) >= 11 is 0. The second-order valence-electron chi connectivity index (χ2n) is 3.45. The first-order valence-corrected chi connectivity index (χ1v) is 5.24. The molecule has 0 saturated carbocycles. The van der Waals surface area contributed by atoms with Gasteiger partial charge in [0.1, 0.15) is 5.76 Å². The zero-order valence-electron chi connectivity index (χ0n) is 9.43. The van der Waals surface area contributed by atoms with Gasteiger partial charge in [0.15, 0.2) is 0 Å². The molecular weight excluding hydrogens is 226 g/mol. The highest BCUT2D eigenvalue weighted by Crippen LogP contribution is 2.12. The summed E-state index contributed by atoms with van der Waals surface area (Å²) in [5.41, 5.74) is 2.38. The van der Waals surface area contributed by atoms with Crippen LogP contribution in [0.5, 0.6) is 0 Å². The molecule has 1 heterocycles. The largest absolute Gasteiger partial charge is 0.467 e. The lowest BCUT2D eigenvalue weighted by Crippen LogP contribution is -2.33. The number of aliphatic hydroxyl groups is 2. The third-order valence-electron chi connectivity index (χ3n) is 2.32. The number of carbonyl (C=O) groups excluding carboxylic acids is 1. The van der Waals surface area contributed by atoms with Crippen molar-refractivity contribution in [2.24, 2.45) is 5.84 Å². The molecule has 7 heteroatoms. The van der Waals surface area contributed by atoms with Crippen LogP contribution in [0.2, 0.25) is 0 Å². The lowest BCUT2D eigenvalue weighted by atomic mass is 10.2. The van der Waals surface area contributed by atoms with E-state index in [1.54, 1.807) is 4.90 Å². The molecule has 0 aliphatic heterocycles. The van der Waals surface area contributed by atoms with Gasteiger partial charge < -0.3 is 14.6 Å². The van der Waals surface area contributed by atoms with Crippen molar-refractivity contribution in [2.75, 3.05) is 26.3 Å². The fraction of sp³-hybridized carbons (Fsp3) is 0.500. The summed E-state index contributed by atoms with van der Waals surface area (Å²) in [6.07, 6.45) is 1.40. The average Bonchev–Trinajstić information content (AvgIpc) is 2.77. The minimum absolute atomic E-state index is 0.0286. The van der Waals surface area contributed by atoms with Gasteiger partial charge in [-0.2, -0.15) is 0 Å². The summed E-state index contributed by atoms with van der Waals surface area (Å²) in [5.74, 6) is 5.07. The van der Waals surface area contributed by atoms with Crippen LogP contribution in [0.25, 0.3) is 0 Å². The van der Waals surface area contributed by atoms with Crippen LogP contribution in [0.15, 0.2) is 16.7 Å². The summed E-state index contributed by atoms with van der Waals surface area (Å²) < 4.78 is 5.19. The van der Waals surface area contributed by atoms with E-state index in [-0.39, 0.29) is 13.2 Å². The normalized spacial score (nSPS) is 10.8. The van der Waals surface area contributed by atoms with E-state index in [1.165, 1.54) is 12.3 Å². The SMILES string of the molecule is NNC(=O)c1ccoc1CN(CCO)CCO. The molecule has 0 saturated heterocycles. The van der Waals surface area contributed by atoms with Crippen molar-refractivity contribution >= 4 is 5.91 Å². The van der Waals surface area contributed by atoms with Crippen LogP contribution in [0.3, 0.4) is 0 Å². The fourth-order valence-corrected chi connectivity index (χ4v) is 1.50. The number of hydrogen-bond donors (Lipinski definition) is 4. The highest BCUT2D eigenvalue weighted by atomic mass is 16.3. The molecular formula is C10H17N3O4. The molecule has 0 aliphatic rings. The van der Waals surface area contributed by atoms with Crippen LogP contribution < -0.4 is 11.3 Å². The maximum atomic E-state index is 11.4. The summed E-state index contributed by atoms with van der Waals surface area (Å²) in [6.45, 7) is 1.06. The molecule has 1 aromatic rings. The van der Waals surface area contributed by atoms with Crippen LogP contribution in [0.4, 0.5) is 0 Å². The Morgan fingerprint density at radius 2 is 2.06 bits per heavy atom. The first-order valence-electron chi connectivity index (χ1n) is 5.24. The van der Waals surface area contributed by atoms with Crippen LogP contribution in [0, 0.1) is 0 Å². The fourth-order valence-electron chi connectivity index (χ4n) is 1.50. The van der Waals surface area contributed by atoms with Crippen molar-refractivity contribution in [3.8, 4) is 0 Å². The number of carbonyl (C=O) groups is 1. The Bertz CT molecular complexity index is 347. The van der Waals surface area contributed by atoms with E-state index < -0.39 is 5.91 Å².